The maximum Gasteiger partial charge on any atom is 0.248 e. The summed E-state index contributed by atoms with van der Waals surface area (Å²) in [7, 11) is 0. The quantitative estimate of drug-likeness (QED) is 0.169. The van der Waals surface area contributed by atoms with Crippen molar-refractivity contribution in [2.24, 2.45) is 0 Å². The Morgan fingerprint density at radius 2 is 1.00 bits per heavy atom. The molecule has 4 heterocycles. The number of anilines is 6. The second-order valence-electron chi connectivity index (χ2n) is 17.7. The zero-order valence-corrected chi connectivity index (χ0v) is 33.0. The smallest absolute Gasteiger partial charge is 0.248 e. The van der Waals surface area contributed by atoms with Crippen LogP contribution >= 0.6 is 0 Å². The summed E-state index contributed by atoms with van der Waals surface area (Å²) in [5, 5.41) is 0. The molecular weight excluding hydrogens is 662 g/mol. The average molecular weight is 709 g/mol. The predicted molar refractivity (Wildman–Crippen MR) is 240 cm³/mol. The van der Waals surface area contributed by atoms with Gasteiger partial charge in [-0.1, -0.05) is 150 Å². The van der Waals surface area contributed by atoms with Gasteiger partial charge < -0.3 is 9.80 Å². The van der Waals surface area contributed by atoms with Crippen LogP contribution in [-0.4, -0.2) is 13.4 Å². The monoisotopic (exact) mass is 708 g/mol. The Labute approximate surface area is 327 Å². The van der Waals surface area contributed by atoms with Crippen LogP contribution in [0.5, 0.6) is 0 Å². The fourth-order valence-electron chi connectivity index (χ4n) is 9.96. The molecule has 0 amide bonds. The van der Waals surface area contributed by atoms with Gasteiger partial charge in [0.15, 0.2) is 0 Å². The Morgan fingerprint density at radius 3 is 1.53 bits per heavy atom. The Bertz CT molecular complexity index is 2650. The third kappa shape index (κ3) is 4.83. The van der Waals surface area contributed by atoms with Gasteiger partial charge in [-0.15, -0.1) is 0 Å². The Balaban J connectivity index is 1.29. The SMILES string of the molecule is C=CC=C1/C(=C\C)B2c3cc4c(cc3N(c3ccc(C(C)(C)C)cc3)c3cccc1c32)B1c2ccccc2-c2cccc(c21)N4c1ccc(C(C)(C)C)cc1. The van der Waals surface area contributed by atoms with Crippen molar-refractivity contribution in [3.8, 4) is 11.1 Å². The maximum atomic E-state index is 4.15. The number of hydrogen-bond donors (Lipinski definition) is 0. The molecule has 0 atom stereocenters. The van der Waals surface area contributed by atoms with E-state index in [0.29, 0.717) is 0 Å². The number of nitrogens with zero attached hydrogens (tertiary/aromatic N) is 2. The molecule has 0 bridgehead atoms. The zero-order chi connectivity index (χ0) is 38.0. The molecule has 0 fully saturated rings. The van der Waals surface area contributed by atoms with E-state index >= 15 is 0 Å². The van der Waals surface area contributed by atoms with Gasteiger partial charge in [0.25, 0.3) is 0 Å². The van der Waals surface area contributed by atoms with E-state index in [0.717, 1.165) is 0 Å². The van der Waals surface area contributed by atoms with Crippen molar-refractivity contribution in [3.63, 3.8) is 0 Å². The van der Waals surface area contributed by atoms with Gasteiger partial charge in [-0.2, -0.15) is 0 Å². The standard InChI is InChI=1S/C51H46B2N2/c1-9-15-36-38-17-13-20-44-48(38)52(40(36)10-2)42-30-47-43(31-46(42)54(44)34-26-22-32(23-27-34)50(3,4)5)53-41-19-12-11-16-37(41)39-18-14-21-45(49(39)53)55(47)35-28-24-33(25-29-35)51(6,7)8/h9-31H,1H2,2-8H3/b36-15?,40-10+. The zero-order valence-electron chi connectivity index (χ0n) is 33.0. The van der Waals surface area contributed by atoms with Gasteiger partial charge >= 0.3 is 0 Å². The lowest BCUT2D eigenvalue weighted by molar-refractivity contribution is 0.590. The van der Waals surface area contributed by atoms with Crippen LogP contribution < -0.4 is 37.1 Å². The predicted octanol–water partition coefficient (Wildman–Crippen LogP) is 10.0. The van der Waals surface area contributed by atoms with Gasteiger partial charge in [-0.3, -0.25) is 0 Å². The minimum Gasteiger partial charge on any atom is -0.312 e. The van der Waals surface area contributed by atoms with Crippen LogP contribution in [0, 0.1) is 0 Å². The van der Waals surface area contributed by atoms with Gasteiger partial charge in [0, 0.05) is 34.1 Å². The summed E-state index contributed by atoms with van der Waals surface area (Å²) in [5.41, 5.74) is 23.7. The fourth-order valence-corrected chi connectivity index (χ4v) is 9.96. The van der Waals surface area contributed by atoms with Crippen molar-refractivity contribution in [1.29, 1.82) is 0 Å². The van der Waals surface area contributed by atoms with Gasteiger partial charge in [0.2, 0.25) is 13.4 Å². The highest BCUT2D eigenvalue weighted by Crippen LogP contribution is 2.47. The van der Waals surface area contributed by atoms with E-state index in [4.69, 9.17) is 0 Å². The molecule has 0 spiro atoms. The molecule has 55 heavy (non-hydrogen) atoms. The normalized spacial score (nSPS) is 16.3. The molecule has 0 radical (unpaired) electrons. The minimum absolute atomic E-state index is 0.0667. The largest absolute Gasteiger partial charge is 0.312 e. The van der Waals surface area contributed by atoms with Gasteiger partial charge in [0.1, 0.15) is 0 Å². The lowest BCUT2D eigenvalue weighted by atomic mass is 9.34. The average Bonchev–Trinajstić information content (AvgIpc) is 3.69. The summed E-state index contributed by atoms with van der Waals surface area (Å²) < 4.78 is 0. The van der Waals surface area contributed by atoms with Crippen LogP contribution in [0.1, 0.15) is 65.2 Å². The third-order valence-electron chi connectivity index (χ3n) is 12.6. The first-order valence-electron chi connectivity index (χ1n) is 19.8. The molecule has 4 aliphatic heterocycles. The number of rotatable bonds is 3. The van der Waals surface area contributed by atoms with Crippen LogP contribution in [0.3, 0.4) is 0 Å². The Kier molecular flexibility index (Phi) is 7.30. The molecule has 0 N–H and O–H groups in total. The molecular formula is C51H46B2N2. The van der Waals surface area contributed by atoms with Crippen molar-refractivity contribution in [3.05, 3.63) is 168 Å². The van der Waals surface area contributed by atoms with E-state index in [9.17, 15) is 0 Å². The summed E-state index contributed by atoms with van der Waals surface area (Å²) in [4.78, 5) is 5.10. The minimum atomic E-state index is 0.0667. The van der Waals surface area contributed by atoms with Crippen molar-refractivity contribution in [2.75, 3.05) is 9.80 Å². The molecule has 266 valence electrons. The molecule has 0 unspecified atom stereocenters. The second kappa shape index (κ2) is 11.9. The van der Waals surface area contributed by atoms with Crippen molar-refractivity contribution >= 4 is 80.4 Å². The van der Waals surface area contributed by atoms with E-state index in [1.54, 1.807) is 0 Å². The summed E-state index contributed by atoms with van der Waals surface area (Å²) in [5.74, 6) is 0. The van der Waals surface area contributed by atoms with Gasteiger partial charge in [-0.05, 0) is 122 Å². The lowest BCUT2D eigenvalue weighted by Gasteiger charge is -2.41. The number of benzene rings is 6. The number of fused-ring (bicyclic) bond motifs is 7. The van der Waals surface area contributed by atoms with E-state index in [1.165, 1.54) is 100 Å². The van der Waals surface area contributed by atoms with Crippen molar-refractivity contribution in [1.82, 2.24) is 0 Å². The van der Waals surface area contributed by atoms with E-state index in [1.807, 2.05) is 6.08 Å². The molecule has 6 aromatic rings. The van der Waals surface area contributed by atoms with Crippen LogP contribution in [0.2, 0.25) is 0 Å². The van der Waals surface area contributed by atoms with Gasteiger partial charge in [-0.25, -0.2) is 0 Å². The Hall–Kier alpha value is -5.73. The third-order valence-corrected chi connectivity index (χ3v) is 12.6. The van der Waals surface area contributed by atoms with Crippen LogP contribution in [0.15, 0.2) is 152 Å². The fraction of sp³-hybridized carbons (Fsp3) is 0.176. The highest BCUT2D eigenvalue weighted by atomic mass is 15.2. The van der Waals surface area contributed by atoms with E-state index < -0.39 is 0 Å². The second-order valence-corrected chi connectivity index (χ2v) is 17.7. The molecule has 6 aromatic carbocycles. The first-order valence-corrected chi connectivity index (χ1v) is 19.8. The van der Waals surface area contributed by atoms with E-state index in [-0.39, 0.29) is 24.3 Å². The maximum absolute atomic E-state index is 4.15. The summed E-state index contributed by atoms with van der Waals surface area (Å²) >= 11 is 0. The molecule has 0 aromatic heterocycles. The summed E-state index contributed by atoms with van der Waals surface area (Å²) in [6.07, 6.45) is 6.49. The van der Waals surface area contributed by atoms with Gasteiger partial charge in [0.05, 0.1) is 0 Å². The first-order chi connectivity index (χ1) is 26.5. The van der Waals surface area contributed by atoms with Crippen molar-refractivity contribution < 1.29 is 0 Å². The Morgan fingerprint density at radius 1 is 0.509 bits per heavy atom. The molecule has 2 nitrogen and oxygen atoms in total. The lowest BCUT2D eigenvalue weighted by Crippen LogP contribution is -2.57. The van der Waals surface area contributed by atoms with Crippen LogP contribution in [0.25, 0.3) is 16.7 Å². The van der Waals surface area contributed by atoms with Crippen LogP contribution in [0.4, 0.5) is 34.1 Å². The van der Waals surface area contributed by atoms with Crippen LogP contribution in [-0.2, 0) is 10.8 Å². The molecule has 0 saturated carbocycles. The highest BCUT2D eigenvalue weighted by Gasteiger charge is 2.47. The molecule has 4 heteroatoms. The molecule has 4 aliphatic rings. The topological polar surface area (TPSA) is 6.48 Å². The molecule has 10 rings (SSSR count). The first kappa shape index (κ1) is 33.8. The molecule has 0 aliphatic carbocycles. The van der Waals surface area contributed by atoms with E-state index in [2.05, 4.69) is 198 Å². The summed E-state index contributed by atoms with van der Waals surface area (Å²) in [6.45, 7) is 20.3. The number of hydrogen-bond acceptors (Lipinski definition) is 2. The highest BCUT2D eigenvalue weighted by molar-refractivity contribution is 7.02. The number of allylic oxidation sites excluding steroid dienone is 5. The van der Waals surface area contributed by atoms with Crippen molar-refractivity contribution in [2.45, 2.75) is 59.3 Å². The summed E-state index contributed by atoms with van der Waals surface area (Å²) in [6, 6.07) is 46.6. The molecule has 0 saturated heterocycles.